The Morgan fingerprint density at radius 2 is 2.00 bits per heavy atom. The predicted molar refractivity (Wildman–Crippen MR) is 77.5 cm³/mol. The fraction of sp³-hybridized carbons (Fsp3) is 0.267. The Morgan fingerprint density at radius 1 is 1.26 bits per heavy atom. The Kier molecular flexibility index (Phi) is 4.77. The van der Waals surface area contributed by atoms with Crippen molar-refractivity contribution in [3.63, 3.8) is 0 Å². The van der Waals surface area contributed by atoms with E-state index < -0.39 is 0 Å². The summed E-state index contributed by atoms with van der Waals surface area (Å²) in [6, 6.07) is 9.51. The molecule has 1 heterocycles. The number of aryl methyl sites for hydroxylation is 1. The van der Waals surface area contributed by atoms with Crippen LogP contribution in [0.2, 0.25) is 5.02 Å². The highest BCUT2D eigenvalue weighted by Crippen LogP contribution is 2.26. The highest BCUT2D eigenvalue weighted by atomic mass is 35.5. The molecule has 0 amide bonds. The number of hydrogen-bond donors (Lipinski definition) is 1. The summed E-state index contributed by atoms with van der Waals surface area (Å²) >= 11 is 6.10. The summed E-state index contributed by atoms with van der Waals surface area (Å²) in [5.74, 6) is 0.786. The number of halogens is 1. The molecule has 0 spiro atoms. The summed E-state index contributed by atoms with van der Waals surface area (Å²) in [5.41, 5.74) is 7.87. The lowest BCUT2D eigenvalue weighted by molar-refractivity contribution is 0.214. The molecular weight excluding hydrogens is 260 g/mol. The Labute approximate surface area is 118 Å². The molecule has 0 radical (unpaired) electrons. The normalized spacial score (nSPS) is 12.2. The van der Waals surface area contributed by atoms with Crippen molar-refractivity contribution in [2.24, 2.45) is 5.73 Å². The lowest BCUT2D eigenvalue weighted by Crippen LogP contribution is -2.18. The number of aromatic nitrogens is 1. The Hall–Kier alpha value is -1.58. The first-order valence-corrected chi connectivity index (χ1v) is 6.67. The van der Waals surface area contributed by atoms with Gasteiger partial charge in [0.05, 0.1) is 0 Å². The van der Waals surface area contributed by atoms with Crippen molar-refractivity contribution in [3.05, 3.63) is 58.9 Å². The first-order chi connectivity index (χ1) is 9.24. The van der Waals surface area contributed by atoms with Crippen LogP contribution in [0.15, 0.2) is 42.7 Å². The van der Waals surface area contributed by atoms with Gasteiger partial charge in [0.1, 0.15) is 11.9 Å². The molecule has 0 aliphatic carbocycles. The molecular formula is C15H17ClN2O. The third-order valence-electron chi connectivity index (χ3n) is 2.97. The smallest absolute Gasteiger partial charge is 0.136 e. The first kappa shape index (κ1) is 13.8. The quantitative estimate of drug-likeness (QED) is 0.911. The topological polar surface area (TPSA) is 48.1 Å². The van der Waals surface area contributed by atoms with E-state index in [1.165, 1.54) is 0 Å². The summed E-state index contributed by atoms with van der Waals surface area (Å²) in [7, 11) is 0. The van der Waals surface area contributed by atoms with E-state index in [9.17, 15) is 0 Å². The first-order valence-electron chi connectivity index (χ1n) is 6.29. The van der Waals surface area contributed by atoms with E-state index in [-0.39, 0.29) is 6.10 Å². The van der Waals surface area contributed by atoms with Crippen LogP contribution in [-0.2, 0) is 6.42 Å². The highest BCUT2D eigenvalue weighted by Gasteiger charge is 2.12. The maximum absolute atomic E-state index is 6.10. The van der Waals surface area contributed by atoms with Gasteiger partial charge in [-0.3, -0.25) is 4.98 Å². The predicted octanol–water partition coefficient (Wildman–Crippen LogP) is 3.38. The number of pyridine rings is 1. The molecule has 2 aromatic rings. The van der Waals surface area contributed by atoms with Crippen molar-refractivity contribution in [1.82, 2.24) is 4.98 Å². The zero-order valence-corrected chi connectivity index (χ0v) is 11.6. The third kappa shape index (κ3) is 3.46. The van der Waals surface area contributed by atoms with Crippen molar-refractivity contribution in [2.75, 3.05) is 6.54 Å². The molecule has 4 heteroatoms. The van der Waals surface area contributed by atoms with E-state index in [1.54, 1.807) is 12.4 Å². The molecule has 1 aromatic heterocycles. The molecule has 100 valence electrons. The van der Waals surface area contributed by atoms with Gasteiger partial charge in [0.25, 0.3) is 0 Å². The van der Waals surface area contributed by atoms with E-state index in [1.807, 2.05) is 30.3 Å². The van der Waals surface area contributed by atoms with Gasteiger partial charge in [-0.05, 0) is 47.9 Å². The zero-order valence-electron chi connectivity index (χ0n) is 10.8. The minimum absolute atomic E-state index is 0.172. The maximum atomic E-state index is 6.10. The minimum Gasteiger partial charge on any atom is -0.484 e. The molecule has 1 atom stereocenters. The molecule has 2 N–H and O–H groups in total. The maximum Gasteiger partial charge on any atom is 0.136 e. The molecule has 0 bridgehead atoms. The van der Waals surface area contributed by atoms with Crippen LogP contribution in [0.3, 0.4) is 0 Å². The average molecular weight is 277 g/mol. The van der Waals surface area contributed by atoms with Crippen molar-refractivity contribution < 1.29 is 4.74 Å². The molecule has 0 fully saturated rings. The van der Waals surface area contributed by atoms with E-state index in [4.69, 9.17) is 22.1 Å². The van der Waals surface area contributed by atoms with Gasteiger partial charge in [-0.25, -0.2) is 0 Å². The molecule has 3 nitrogen and oxygen atoms in total. The number of nitrogens with zero attached hydrogens (tertiary/aromatic N) is 1. The number of nitrogens with two attached hydrogens (primary N) is 1. The fourth-order valence-corrected chi connectivity index (χ4v) is 2.14. The largest absolute Gasteiger partial charge is 0.484 e. The molecule has 0 saturated heterocycles. The lowest BCUT2D eigenvalue weighted by Gasteiger charge is -2.18. The van der Waals surface area contributed by atoms with Gasteiger partial charge in [0.15, 0.2) is 0 Å². The number of rotatable bonds is 5. The van der Waals surface area contributed by atoms with Crippen molar-refractivity contribution in [1.29, 1.82) is 0 Å². The minimum atomic E-state index is -0.172. The van der Waals surface area contributed by atoms with Crippen LogP contribution in [0.1, 0.15) is 24.2 Å². The third-order valence-corrected chi connectivity index (χ3v) is 3.34. The summed E-state index contributed by atoms with van der Waals surface area (Å²) in [5, 5.41) is 0.767. The second kappa shape index (κ2) is 6.55. The van der Waals surface area contributed by atoms with E-state index >= 15 is 0 Å². The van der Waals surface area contributed by atoms with Crippen molar-refractivity contribution in [3.8, 4) is 5.75 Å². The monoisotopic (exact) mass is 276 g/mol. The summed E-state index contributed by atoms with van der Waals surface area (Å²) < 4.78 is 5.94. The van der Waals surface area contributed by atoms with Crippen LogP contribution in [-0.4, -0.2) is 11.5 Å². The van der Waals surface area contributed by atoms with Gasteiger partial charge in [0.2, 0.25) is 0 Å². The molecule has 1 aromatic carbocycles. The number of hydrogen-bond acceptors (Lipinski definition) is 3. The standard InChI is InChI=1S/C15H17ClN2O/c1-2-11-9-13(3-4-14(11)16)19-15(10-17)12-5-7-18-8-6-12/h3-9,15H,2,10,17H2,1H3. The summed E-state index contributed by atoms with van der Waals surface area (Å²) in [6.45, 7) is 2.47. The van der Waals surface area contributed by atoms with Crippen LogP contribution in [0.5, 0.6) is 5.75 Å². The van der Waals surface area contributed by atoms with Crippen LogP contribution >= 0.6 is 11.6 Å². The Morgan fingerprint density at radius 3 is 2.63 bits per heavy atom. The molecule has 2 rings (SSSR count). The molecule has 0 saturated carbocycles. The van der Waals surface area contributed by atoms with Crippen molar-refractivity contribution in [2.45, 2.75) is 19.4 Å². The van der Waals surface area contributed by atoms with Crippen LogP contribution in [0.25, 0.3) is 0 Å². The molecule has 19 heavy (non-hydrogen) atoms. The van der Waals surface area contributed by atoms with Gasteiger partial charge < -0.3 is 10.5 Å². The van der Waals surface area contributed by atoms with Crippen LogP contribution < -0.4 is 10.5 Å². The zero-order chi connectivity index (χ0) is 13.7. The Balaban J connectivity index is 2.19. The van der Waals surface area contributed by atoms with E-state index in [0.29, 0.717) is 6.54 Å². The second-order valence-electron chi connectivity index (χ2n) is 4.23. The van der Waals surface area contributed by atoms with Crippen molar-refractivity contribution >= 4 is 11.6 Å². The van der Waals surface area contributed by atoms with Gasteiger partial charge >= 0.3 is 0 Å². The summed E-state index contributed by atoms with van der Waals surface area (Å²) in [6.07, 6.45) is 4.17. The SMILES string of the molecule is CCc1cc(OC(CN)c2ccncc2)ccc1Cl. The van der Waals surface area contributed by atoms with Crippen LogP contribution in [0.4, 0.5) is 0 Å². The number of benzene rings is 1. The molecule has 0 aliphatic rings. The highest BCUT2D eigenvalue weighted by molar-refractivity contribution is 6.31. The van der Waals surface area contributed by atoms with E-state index in [0.717, 1.165) is 28.3 Å². The molecule has 0 aliphatic heterocycles. The summed E-state index contributed by atoms with van der Waals surface area (Å²) in [4.78, 5) is 3.99. The fourth-order valence-electron chi connectivity index (χ4n) is 1.89. The van der Waals surface area contributed by atoms with Gasteiger partial charge in [-0.2, -0.15) is 0 Å². The lowest BCUT2D eigenvalue weighted by atomic mass is 10.1. The second-order valence-corrected chi connectivity index (χ2v) is 4.64. The van der Waals surface area contributed by atoms with Crippen LogP contribution in [0, 0.1) is 0 Å². The van der Waals surface area contributed by atoms with Gasteiger partial charge in [-0.15, -0.1) is 0 Å². The molecule has 1 unspecified atom stereocenters. The average Bonchev–Trinajstić information content (AvgIpc) is 2.47. The van der Waals surface area contributed by atoms with Gasteiger partial charge in [0, 0.05) is 24.0 Å². The Bertz CT molecular complexity index is 531. The van der Waals surface area contributed by atoms with E-state index in [2.05, 4.69) is 11.9 Å². The van der Waals surface area contributed by atoms with Gasteiger partial charge in [-0.1, -0.05) is 18.5 Å². The number of ether oxygens (including phenoxy) is 1.